The van der Waals surface area contributed by atoms with Crippen LogP contribution in [0.4, 0.5) is 0 Å². The lowest BCUT2D eigenvalue weighted by atomic mass is 10.4. The van der Waals surface area contributed by atoms with E-state index in [-0.39, 0.29) is 0 Å². The first-order chi connectivity index (χ1) is 7.25. The van der Waals surface area contributed by atoms with E-state index >= 15 is 0 Å². The Morgan fingerprint density at radius 1 is 1.13 bits per heavy atom. The van der Waals surface area contributed by atoms with Crippen molar-refractivity contribution >= 4 is 0 Å². The molecule has 0 spiro atoms. The minimum atomic E-state index is 0.998. The molecule has 0 N–H and O–H groups in total. The Bertz CT molecular complexity index is 412. The molecular weight excluding hydrogens is 186 g/mol. The Balaban J connectivity index is 1.86. The van der Waals surface area contributed by atoms with Crippen LogP contribution in [0.3, 0.4) is 0 Å². The number of rotatable bonds is 4. The van der Waals surface area contributed by atoms with Crippen molar-refractivity contribution in [2.75, 3.05) is 0 Å². The summed E-state index contributed by atoms with van der Waals surface area (Å²) in [4.78, 5) is 0. The summed E-state index contributed by atoms with van der Waals surface area (Å²) in [7, 11) is 0. The molecule has 3 nitrogen and oxygen atoms in total. The summed E-state index contributed by atoms with van der Waals surface area (Å²) in [6, 6.07) is 6.24. The predicted molar refractivity (Wildman–Crippen MR) is 60.8 cm³/mol. The Kier molecular flexibility index (Phi) is 2.90. The second kappa shape index (κ2) is 4.34. The lowest BCUT2D eigenvalue weighted by Crippen LogP contribution is -2.05. The fourth-order valence-corrected chi connectivity index (χ4v) is 1.82. The number of hydrogen-bond donors (Lipinski definition) is 0. The molecule has 2 heterocycles. The highest BCUT2D eigenvalue weighted by atomic mass is 15.3. The van der Waals surface area contributed by atoms with Crippen LogP contribution in [0.25, 0.3) is 0 Å². The molecule has 3 heteroatoms. The zero-order chi connectivity index (χ0) is 10.7. The van der Waals surface area contributed by atoms with Crippen LogP contribution in [0.2, 0.25) is 0 Å². The third-order valence-corrected chi connectivity index (χ3v) is 2.56. The van der Waals surface area contributed by atoms with Crippen LogP contribution in [0.15, 0.2) is 30.6 Å². The van der Waals surface area contributed by atoms with Gasteiger partial charge in [0.05, 0.1) is 5.69 Å². The van der Waals surface area contributed by atoms with Crippen LogP contribution >= 0.6 is 0 Å². The van der Waals surface area contributed by atoms with Gasteiger partial charge in [-0.1, -0.05) is 0 Å². The van der Waals surface area contributed by atoms with E-state index in [9.17, 15) is 0 Å². The molecule has 0 aliphatic carbocycles. The van der Waals surface area contributed by atoms with Gasteiger partial charge in [-0.25, -0.2) is 0 Å². The lowest BCUT2D eigenvalue weighted by Gasteiger charge is -2.05. The molecule has 2 aromatic rings. The molecule has 0 aliphatic rings. The Labute approximate surface area is 90.3 Å². The highest BCUT2D eigenvalue weighted by Crippen LogP contribution is 2.03. The van der Waals surface area contributed by atoms with Gasteiger partial charge in [0.2, 0.25) is 0 Å². The predicted octanol–water partition coefficient (Wildman–Crippen LogP) is 2.39. The molecule has 0 saturated heterocycles. The molecule has 0 saturated carbocycles. The maximum absolute atomic E-state index is 4.44. The maximum Gasteiger partial charge on any atom is 0.0596 e. The molecule has 0 bridgehead atoms. The van der Waals surface area contributed by atoms with E-state index in [1.807, 2.05) is 6.92 Å². The molecule has 0 atom stereocenters. The zero-order valence-electron chi connectivity index (χ0n) is 9.35. The van der Waals surface area contributed by atoms with Gasteiger partial charge in [0.1, 0.15) is 0 Å². The molecule has 0 fully saturated rings. The monoisotopic (exact) mass is 203 g/mol. The highest BCUT2D eigenvalue weighted by Gasteiger charge is 1.99. The minimum absolute atomic E-state index is 0.998. The van der Waals surface area contributed by atoms with Crippen LogP contribution in [0.5, 0.6) is 0 Å². The summed E-state index contributed by atoms with van der Waals surface area (Å²) in [6.07, 6.45) is 5.32. The van der Waals surface area contributed by atoms with Crippen molar-refractivity contribution in [2.45, 2.75) is 33.4 Å². The SMILES string of the molecule is Cc1cc(C)n(CCCn2cccc2)n1. The number of nitrogens with zero attached hydrogens (tertiary/aromatic N) is 3. The summed E-state index contributed by atoms with van der Waals surface area (Å²) < 4.78 is 4.28. The summed E-state index contributed by atoms with van der Waals surface area (Å²) in [5.41, 5.74) is 2.36. The van der Waals surface area contributed by atoms with Crippen molar-refractivity contribution in [3.05, 3.63) is 42.0 Å². The average molecular weight is 203 g/mol. The van der Waals surface area contributed by atoms with E-state index < -0.39 is 0 Å². The Hall–Kier alpha value is -1.51. The van der Waals surface area contributed by atoms with Crippen molar-refractivity contribution in [2.24, 2.45) is 0 Å². The molecule has 0 aromatic carbocycles. The first-order valence-corrected chi connectivity index (χ1v) is 5.37. The molecule has 0 amide bonds. The normalized spacial score (nSPS) is 10.8. The van der Waals surface area contributed by atoms with E-state index in [4.69, 9.17) is 0 Å². The number of aryl methyl sites for hydroxylation is 4. The average Bonchev–Trinajstić information content (AvgIpc) is 2.77. The third-order valence-electron chi connectivity index (χ3n) is 2.56. The Morgan fingerprint density at radius 3 is 2.47 bits per heavy atom. The highest BCUT2D eigenvalue weighted by molar-refractivity contribution is 5.06. The summed E-state index contributed by atoms with van der Waals surface area (Å²) in [5, 5.41) is 4.44. The van der Waals surface area contributed by atoms with Crippen LogP contribution in [0.1, 0.15) is 17.8 Å². The van der Waals surface area contributed by atoms with Gasteiger partial charge in [-0.2, -0.15) is 5.10 Å². The van der Waals surface area contributed by atoms with Crippen LogP contribution in [-0.4, -0.2) is 14.3 Å². The quantitative estimate of drug-likeness (QED) is 0.748. The van der Waals surface area contributed by atoms with Gasteiger partial charge < -0.3 is 4.57 Å². The molecular formula is C12H17N3. The summed E-state index contributed by atoms with van der Waals surface area (Å²) >= 11 is 0. The van der Waals surface area contributed by atoms with E-state index in [2.05, 4.69) is 51.9 Å². The van der Waals surface area contributed by atoms with E-state index in [0.717, 1.165) is 25.2 Å². The first kappa shape index (κ1) is 10.0. The van der Waals surface area contributed by atoms with Crippen LogP contribution in [-0.2, 0) is 13.1 Å². The van der Waals surface area contributed by atoms with Crippen molar-refractivity contribution in [3.63, 3.8) is 0 Å². The second-order valence-electron chi connectivity index (χ2n) is 3.92. The van der Waals surface area contributed by atoms with Gasteiger partial charge >= 0.3 is 0 Å². The van der Waals surface area contributed by atoms with E-state index in [1.165, 1.54) is 5.69 Å². The van der Waals surface area contributed by atoms with Gasteiger partial charge in [0.25, 0.3) is 0 Å². The van der Waals surface area contributed by atoms with Crippen molar-refractivity contribution in [1.29, 1.82) is 0 Å². The smallest absolute Gasteiger partial charge is 0.0596 e. The molecule has 80 valence electrons. The molecule has 2 rings (SSSR count). The lowest BCUT2D eigenvalue weighted by molar-refractivity contribution is 0.517. The maximum atomic E-state index is 4.44. The fourth-order valence-electron chi connectivity index (χ4n) is 1.82. The van der Waals surface area contributed by atoms with Crippen molar-refractivity contribution in [1.82, 2.24) is 14.3 Å². The molecule has 0 aliphatic heterocycles. The zero-order valence-corrected chi connectivity index (χ0v) is 9.35. The standard InChI is InChI=1S/C12H17N3/c1-11-10-12(2)15(13-11)9-5-8-14-6-3-4-7-14/h3-4,6-7,10H,5,8-9H2,1-2H3. The van der Waals surface area contributed by atoms with E-state index in [0.29, 0.717) is 0 Å². The third kappa shape index (κ3) is 2.49. The van der Waals surface area contributed by atoms with Gasteiger partial charge in [0, 0.05) is 31.2 Å². The number of hydrogen-bond acceptors (Lipinski definition) is 1. The molecule has 0 unspecified atom stereocenters. The summed E-state index contributed by atoms with van der Waals surface area (Å²) in [6.45, 7) is 6.20. The minimum Gasteiger partial charge on any atom is -0.354 e. The molecule has 15 heavy (non-hydrogen) atoms. The van der Waals surface area contributed by atoms with Gasteiger partial charge in [0.15, 0.2) is 0 Å². The van der Waals surface area contributed by atoms with Gasteiger partial charge in [-0.3, -0.25) is 4.68 Å². The first-order valence-electron chi connectivity index (χ1n) is 5.37. The van der Waals surface area contributed by atoms with Crippen molar-refractivity contribution < 1.29 is 0 Å². The molecule has 2 aromatic heterocycles. The molecule has 0 radical (unpaired) electrons. The summed E-state index contributed by atoms with van der Waals surface area (Å²) in [5.74, 6) is 0. The van der Waals surface area contributed by atoms with E-state index in [1.54, 1.807) is 0 Å². The van der Waals surface area contributed by atoms with Crippen LogP contribution in [0, 0.1) is 13.8 Å². The van der Waals surface area contributed by atoms with Crippen molar-refractivity contribution in [3.8, 4) is 0 Å². The number of aromatic nitrogens is 3. The second-order valence-corrected chi connectivity index (χ2v) is 3.92. The Morgan fingerprint density at radius 2 is 1.87 bits per heavy atom. The topological polar surface area (TPSA) is 22.8 Å². The van der Waals surface area contributed by atoms with Gasteiger partial charge in [-0.15, -0.1) is 0 Å². The van der Waals surface area contributed by atoms with Crippen LogP contribution < -0.4 is 0 Å². The van der Waals surface area contributed by atoms with Gasteiger partial charge in [-0.05, 0) is 38.5 Å². The largest absolute Gasteiger partial charge is 0.354 e. The fraction of sp³-hybridized carbons (Fsp3) is 0.417.